The molecule has 1 atom stereocenters. The lowest BCUT2D eigenvalue weighted by Gasteiger charge is -2.26. The van der Waals surface area contributed by atoms with E-state index < -0.39 is 6.10 Å². The van der Waals surface area contributed by atoms with Gasteiger partial charge in [0.25, 0.3) is 5.91 Å². The lowest BCUT2D eigenvalue weighted by atomic mass is 10.2. The Labute approximate surface area is 121 Å². The van der Waals surface area contributed by atoms with E-state index in [0.29, 0.717) is 18.8 Å². The average molecular weight is 289 g/mol. The maximum Gasteiger partial charge on any atom is 0.263 e. The largest absolute Gasteiger partial charge is 0.477 e. The Bertz CT molecular complexity index is 626. The van der Waals surface area contributed by atoms with Crippen molar-refractivity contribution in [2.45, 2.75) is 19.6 Å². The highest BCUT2D eigenvalue weighted by atomic mass is 32.1. The first kappa shape index (κ1) is 12.9. The van der Waals surface area contributed by atoms with Gasteiger partial charge in [-0.25, -0.2) is 4.98 Å². The normalized spacial score (nSPS) is 16.8. The minimum absolute atomic E-state index is 0.111. The van der Waals surface area contributed by atoms with Crippen LogP contribution in [0.5, 0.6) is 5.75 Å². The summed E-state index contributed by atoms with van der Waals surface area (Å²) in [7, 11) is 0. The molecule has 1 aromatic heterocycles. The Morgan fingerprint density at radius 2 is 2.40 bits per heavy atom. The van der Waals surface area contributed by atoms with Crippen LogP contribution in [0.1, 0.15) is 10.6 Å². The Morgan fingerprint density at radius 3 is 3.20 bits per heavy atom. The number of fused-ring (bicyclic) bond motifs is 1. The maximum absolute atomic E-state index is 12.1. The number of amides is 1. The zero-order valence-electron chi connectivity index (χ0n) is 11.1. The molecule has 0 saturated heterocycles. The van der Waals surface area contributed by atoms with Crippen molar-refractivity contribution in [3.8, 4) is 5.75 Å². The van der Waals surface area contributed by atoms with Crippen LogP contribution in [0, 0.1) is 6.92 Å². The standard InChI is InChI=1S/C14H15N3O2S/c1-9-13(20-8-17-9)7-16-14(18)12-6-15-10-4-2-3-5-11(10)19-12/h2-5,8,12,15H,6-7H2,1H3,(H,16,18). The smallest absolute Gasteiger partial charge is 0.263 e. The van der Waals surface area contributed by atoms with Crippen molar-refractivity contribution >= 4 is 22.9 Å². The lowest BCUT2D eigenvalue weighted by molar-refractivity contribution is -0.127. The molecule has 0 spiro atoms. The molecule has 2 heterocycles. The molecule has 6 heteroatoms. The van der Waals surface area contributed by atoms with Gasteiger partial charge in [-0.2, -0.15) is 0 Å². The summed E-state index contributed by atoms with van der Waals surface area (Å²) in [4.78, 5) is 17.4. The molecule has 104 valence electrons. The van der Waals surface area contributed by atoms with Crippen molar-refractivity contribution < 1.29 is 9.53 Å². The van der Waals surface area contributed by atoms with Crippen LogP contribution in [-0.2, 0) is 11.3 Å². The first-order valence-electron chi connectivity index (χ1n) is 6.40. The number of anilines is 1. The number of aromatic nitrogens is 1. The predicted octanol–water partition coefficient (Wildman–Crippen LogP) is 1.94. The van der Waals surface area contributed by atoms with Gasteiger partial charge >= 0.3 is 0 Å². The summed E-state index contributed by atoms with van der Waals surface area (Å²) in [6, 6.07) is 7.61. The average Bonchev–Trinajstić information content (AvgIpc) is 2.89. The van der Waals surface area contributed by atoms with Gasteiger partial charge in [-0.05, 0) is 19.1 Å². The Morgan fingerprint density at radius 1 is 1.55 bits per heavy atom. The molecule has 0 saturated carbocycles. The topological polar surface area (TPSA) is 63.2 Å². The van der Waals surface area contributed by atoms with Crippen LogP contribution in [0.3, 0.4) is 0 Å². The number of para-hydroxylation sites is 2. The number of carbonyl (C=O) groups excluding carboxylic acids is 1. The maximum atomic E-state index is 12.1. The Kier molecular flexibility index (Phi) is 3.56. The van der Waals surface area contributed by atoms with E-state index in [0.717, 1.165) is 16.3 Å². The number of aryl methyl sites for hydroxylation is 1. The quantitative estimate of drug-likeness (QED) is 0.906. The van der Waals surface area contributed by atoms with E-state index in [1.54, 1.807) is 16.8 Å². The molecule has 1 aliphatic rings. The number of benzene rings is 1. The highest BCUT2D eigenvalue weighted by Gasteiger charge is 2.25. The van der Waals surface area contributed by atoms with Gasteiger partial charge in [-0.3, -0.25) is 4.79 Å². The number of hydrogen-bond acceptors (Lipinski definition) is 5. The van der Waals surface area contributed by atoms with E-state index in [4.69, 9.17) is 4.74 Å². The molecule has 0 fully saturated rings. The Balaban J connectivity index is 1.60. The third-order valence-electron chi connectivity index (χ3n) is 3.19. The molecule has 1 aliphatic heterocycles. The van der Waals surface area contributed by atoms with Gasteiger partial charge in [-0.1, -0.05) is 12.1 Å². The Hall–Kier alpha value is -2.08. The SMILES string of the molecule is Cc1ncsc1CNC(=O)C1CNc2ccccc2O1. The van der Waals surface area contributed by atoms with Crippen molar-refractivity contribution in [1.82, 2.24) is 10.3 Å². The first-order valence-corrected chi connectivity index (χ1v) is 7.28. The second kappa shape index (κ2) is 5.50. The van der Waals surface area contributed by atoms with E-state index >= 15 is 0 Å². The van der Waals surface area contributed by atoms with Crippen LogP contribution in [0.25, 0.3) is 0 Å². The van der Waals surface area contributed by atoms with Gasteiger partial charge in [0.15, 0.2) is 6.10 Å². The fraction of sp³-hybridized carbons (Fsp3) is 0.286. The van der Waals surface area contributed by atoms with Crippen molar-refractivity contribution in [3.63, 3.8) is 0 Å². The number of nitrogens with one attached hydrogen (secondary N) is 2. The number of rotatable bonds is 3. The molecular formula is C14H15N3O2S. The summed E-state index contributed by atoms with van der Waals surface area (Å²) in [6.07, 6.45) is -0.502. The zero-order chi connectivity index (χ0) is 13.9. The second-order valence-corrected chi connectivity index (χ2v) is 5.50. The van der Waals surface area contributed by atoms with Gasteiger partial charge in [-0.15, -0.1) is 11.3 Å². The third kappa shape index (κ3) is 2.60. The highest BCUT2D eigenvalue weighted by molar-refractivity contribution is 7.09. The lowest BCUT2D eigenvalue weighted by Crippen LogP contribution is -2.44. The van der Waals surface area contributed by atoms with Crippen LogP contribution in [-0.4, -0.2) is 23.5 Å². The number of nitrogens with zero attached hydrogens (tertiary/aromatic N) is 1. The fourth-order valence-electron chi connectivity index (χ4n) is 2.04. The minimum atomic E-state index is -0.502. The number of ether oxygens (including phenoxy) is 1. The number of carbonyl (C=O) groups is 1. The van der Waals surface area contributed by atoms with Crippen molar-refractivity contribution in [2.24, 2.45) is 0 Å². The van der Waals surface area contributed by atoms with Crippen LogP contribution in [0.15, 0.2) is 29.8 Å². The van der Waals surface area contributed by atoms with E-state index in [2.05, 4.69) is 15.6 Å². The molecule has 1 amide bonds. The second-order valence-electron chi connectivity index (χ2n) is 4.56. The van der Waals surface area contributed by atoms with Gasteiger partial charge < -0.3 is 15.4 Å². The van der Waals surface area contributed by atoms with E-state index in [-0.39, 0.29) is 5.91 Å². The van der Waals surface area contributed by atoms with Gasteiger partial charge in [0.05, 0.1) is 30.0 Å². The fourth-order valence-corrected chi connectivity index (χ4v) is 2.75. The van der Waals surface area contributed by atoms with Crippen molar-refractivity contribution in [1.29, 1.82) is 0 Å². The van der Waals surface area contributed by atoms with Crippen molar-refractivity contribution in [2.75, 3.05) is 11.9 Å². The molecule has 0 bridgehead atoms. The monoisotopic (exact) mass is 289 g/mol. The molecule has 20 heavy (non-hydrogen) atoms. The summed E-state index contributed by atoms with van der Waals surface area (Å²) in [6.45, 7) is 2.91. The number of hydrogen-bond donors (Lipinski definition) is 2. The van der Waals surface area contributed by atoms with Crippen LogP contribution in [0.2, 0.25) is 0 Å². The third-order valence-corrected chi connectivity index (χ3v) is 4.13. The van der Waals surface area contributed by atoms with Gasteiger partial charge in [0.1, 0.15) is 5.75 Å². The molecule has 0 radical (unpaired) electrons. The van der Waals surface area contributed by atoms with E-state index in [1.807, 2.05) is 31.2 Å². The molecule has 5 nitrogen and oxygen atoms in total. The molecule has 1 aromatic carbocycles. The summed E-state index contributed by atoms with van der Waals surface area (Å²) in [5, 5.41) is 6.10. The predicted molar refractivity (Wildman–Crippen MR) is 78.0 cm³/mol. The van der Waals surface area contributed by atoms with E-state index in [1.165, 1.54) is 0 Å². The molecule has 3 rings (SSSR count). The molecule has 2 aromatic rings. The molecule has 0 aliphatic carbocycles. The first-order chi connectivity index (χ1) is 9.74. The summed E-state index contributed by atoms with van der Waals surface area (Å²) in [5.41, 5.74) is 3.67. The van der Waals surface area contributed by atoms with Gasteiger partial charge in [0, 0.05) is 4.88 Å². The number of thiazole rings is 1. The van der Waals surface area contributed by atoms with Crippen molar-refractivity contribution in [3.05, 3.63) is 40.3 Å². The highest BCUT2D eigenvalue weighted by Crippen LogP contribution is 2.28. The molecule has 2 N–H and O–H groups in total. The summed E-state index contributed by atoms with van der Waals surface area (Å²) >= 11 is 1.54. The minimum Gasteiger partial charge on any atom is -0.477 e. The summed E-state index contributed by atoms with van der Waals surface area (Å²) < 4.78 is 5.71. The van der Waals surface area contributed by atoms with Crippen LogP contribution < -0.4 is 15.4 Å². The zero-order valence-corrected chi connectivity index (χ0v) is 11.9. The van der Waals surface area contributed by atoms with E-state index in [9.17, 15) is 4.79 Å². The molecular weight excluding hydrogens is 274 g/mol. The van der Waals surface area contributed by atoms with Crippen LogP contribution >= 0.6 is 11.3 Å². The van der Waals surface area contributed by atoms with Crippen LogP contribution in [0.4, 0.5) is 5.69 Å². The molecule has 1 unspecified atom stereocenters. The summed E-state index contributed by atoms with van der Waals surface area (Å²) in [5.74, 6) is 0.604. The van der Waals surface area contributed by atoms with Gasteiger partial charge in [0.2, 0.25) is 0 Å².